The Morgan fingerprint density at radius 1 is 1.33 bits per heavy atom. The standard InChI is InChI=1S/C17H18N2O5/c1-23-16-11(6-18)15-9(7-19-16)2-12-10-4-14(21)13(20)3-8(10)5-17(12,22)24-15/h3-4,7,12,20-22H,2,5-6,18H2,1H3/t12?,17-/m0/s1. The maximum Gasteiger partial charge on any atom is 0.221 e. The van der Waals surface area contributed by atoms with Gasteiger partial charge in [-0.1, -0.05) is 0 Å². The molecule has 1 aliphatic carbocycles. The van der Waals surface area contributed by atoms with Gasteiger partial charge < -0.3 is 30.5 Å². The number of rotatable bonds is 2. The summed E-state index contributed by atoms with van der Waals surface area (Å²) >= 11 is 0. The van der Waals surface area contributed by atoms with Crippen LogP contribution in [0, 0.1) is 0 Å². The quantitative estimate of drug-likeness (QED) is 0.605. The van der Waals surface area contributed by atoms with Gasteiger partial charge in [0.25, 0.3) is 0 Å². The van der Waals surface area contributed by atoms with Crippen LogP contribution in [-0.4, -0.2) is 33.2 Å². The zero-order valence-electron chi connectivity index (χ0n) is 13.1. The van der Waals surface area contributed by atoms with Crippen LogP contribution in [0.2, 0.25) is 0 Å². The lowest BCUT2D eigenvalue weighted by Crippen LogP contribution is -2.44. The van der Waals surface area contributed by atoms with E-state index in [0.29, 0.717) is 23.6 Å². The van der Waals surface area contributed by atoms with Crippen molar-refractivity contribution in [2.75, 3.05) is 7.11 Å². The number of phenols is 2. The van der Waals surface area contributed by atoms with E-state index >= 15 is 0 Å². The SMILES string of the molecule is COc1ncc2c(c1CN)O[C@@]1(O)Cc3cc(O)c(O)cc3C1C2. The number of aromatic nitrogens is 1. The van der Waals surface area contributed by atoms with E-state index in [9.17, 15) is 15.3 Å². The largest absolute Gasteiger partial charge is 0.504 e. The van der Waals surface area contributed by atoms with E-state index in [2.05, 4.69) is 4.98 Å². The van der Waals surface area contributed by atoms with Crippen molar-refractivity contribution in [3.05, 3.63) is 40.6 Å². The van der Waals surface area contributed by atoms with E-state index in [1.54, 1.807) is 6.20 Å². The number of phenolic OH excluding ortho intramolecular Hbond substituents is 2. The Labute approximate surface area is 138 Å². The van der Waals surface area contributed by atoms with Gasteiger partial charge in [0.2, 0.25) is 11.7 Å². The van der Waals surface area contributed by atoms with Crippen molar-refractivity contribution in [2.24, 2.45) is 5.73 Å². The minimum Gasteiger partial charge on any atom is -0.504 e. The third kappa shape index (κ3) is 1.95. The molecule has 0 fully saturated rings. The van der Waals surface area contributed by atoms with Gasteiger partial charge in [-0.3, -0.25) is 0 Å². The number of benzene rings is 1. The molecular weight excluding hydrogens is 312 g/mol. The van der Waals surface area contributed by atoms with Crippen LogP contribution >= 0.6 is 0 Å². The van der Waals surface area contributed by atoms with E-state index in [4.69, 9.17) is 15.2 Å². The number of nitrogens with zero attached hydrogens (tertiary/aromatic N) is 1. The number of aromatic hydroxyl groups is 2. The van der Waals surface area contributed by atoms with Gasteiger partial charge in [0.1, 0.15) is 5.75 Å². The Balaban J connectivity index is 1.83. The average molecular weight is 330 g/mol. The molecule has 0 saturated carbocycles. The first-order valence-electron chi connectivity index (χ1n) is 7.67. The molecule has 0 radical (unpaired) electrons. The molecule has 2 heterocycles. The molecule has 0 bridgehead atoms. The lowest BCUT2D eigenvalue weighted by atomic mass is 9.87. The molecule has 1 aromatic heterocycles. The van der Waals surface area contributed by atoms with E-state index in [1.807, 2.05) is 0 Å². The van der Waals surface area contributed by atoms with Crippen LogP contribution in [-0.2, 0) is 19.4 Å². The number of aliphatic hydroxyl groups is 1. The molecule has 1 aromatic carbocycles. The van der Waals surface area contributed by atoms with Crippen molar-refractivity contribution in [3.63, 3.8) is 0 Å². The second-order valence-corrected chi connectivity index (χ2v) is 6.22. The van der Waals surface area contributed by atoms with Gasteiger partial charge in [-0.25, -0.2) is 4.98 Å². The average Bonchev–Trinajstić information content (AvgIpc) is 2.82. The fourth-order valence-corrected chi connectivity index (χ4v) is 3.72. The Kier molecular flexibility index (Phi) is 3.13. The highest BCUT2D eigenvalue weighted by atomic mass is 16.6. The van der Waals surface area contributed by atoms with Gasteiger partial charge in [0, 0.05) is 24.7 Å². The molecular formula is C17H18N2O5. The van der Waals surface area contributed by atoms with Crippen molar-refractivity contribution < 1.29 is 24.8 Å². The molecule has 0 amide bonds. The fourth-order valence-electron chi connectivity index (χ4n) is 3.72. The molecule has 126 valence electrons. The summed E-state index contributed by atoms with van der Waals surface area (Å²) in [5.41, 5.74) is 8.76. The first-order chi connectivity index (χ1) is 11.5. The van der Waals surface area contributed by atoms with Crippen LogP contribution in [0.3, 0.4) is 0 Å². The third-order valence-corrected chi connectivity index (χ3v) is 4.86. The van der Waals surface area contributed by atoms with Crippen molar-refractivity contribution in [2.45, 2.75) is 31.1 Å². The summed E-state index contributed by atoms with van der Waals surface area (Å²) in [7, 11) is 1.51. The summed E-state index contributed by atoms with van der Waals surface area (Å²) < 4.78 is 11.2. The predicted octanol–water partition coefficient (Wildman–Crippen LogP) is 0.923. The second-order valence-electron chi connectivity index (χ2n) is 6.22. The first-order valence-corrected chi connectivity index (χ1v) is 7.67. The number of pyridine rings is 1. The molecule has 0 saturated heterocycles. The molecule has 24 heavy (non-hydrogen) atoms. The maximum absolute atomic E-state index is 11.1. The van der Waals surface area contributed by atoms with Crippen LogP contribution < -0.4 is 15.2 Å². The van der Waals surface area contributed by atoms with Crippen LogP contribution in [0.5, 0.6) is 23.1 Å². The second kappa shape index (κ2) is 4.99. The summed E-state index contributed by atoms with van der Waals surface area (Å²) in [6.45, 7) is 0.175. The third-order valence-electron chi connectivity index (χ3n) is 4.86. The van der Waals surface area contributed by atoms with Gasteiger partial charge in [-0.15, -0.1) is 0 Å². The monoisotopic (exact) mass is 330 g/mol. The molecule has 0 spiro atoms. The summed E-state index contributed by atoms with van der Waals surface area (Å²) in [6, 6.07) is 2.96. The Morgan fingerprint density at radius 3 is 2.79 bits per heavy atom. The predicted molar refractivity (Wildman–Crippen MR) is 84.2 cm³/mol. The molecule has 2 atom stereocenters. The van der Waals surface area contributed by atoms with Crippen LogP contribution in [0.25, 0.3) is 0 Å². The number of nitrogens with two attached hydrogens (primary N) is 1. The first kappa shape index (κ1) is 15.0. The van der Waals surface area contributed by atoms with E-state index in [0.717, 1.165) is 16.7 Å². The smallest absolute Gasteiger partial charge is 0.221 e. The number of methoxy groups -OCH3 is 1. The zero-order chi connectivity index (χ0) is 17.1. The van der Waals surface area contributed by atoms with Gasteiger partial charge in [-0.05, 0) is 29.7 Å². The van der Waals surface area contributed by atoms with Gasteiger partial charge >= 0.3 is 0 Å². The number of hydrogen-bond donors (Lipinski definition) is 4. The molecule has 4 rings (SSSR count). The van der Waals surface area contributed by atoms with Crippen LogP contribution in [0.4, 0.5) is 0 Å². The Hall–Kier alpha value is -2.51. The molecule has 1 aliphatic heterocycles. The molecule has 1 unspecified atom stereocenters. The Morgan fingerprint density at radius 2 is 2.08 bits per heavy atom. The van der Waals surface area contributed by atoms with Crippen molar-refractivity contribution in [1.29, 1.82) is 0 Å². The summed E-state index contributed by atoms with van der Waals surface area (Å²) in [6.07, 6.45) is 2.37. The summed E-state index contributed by atoms with van der Waals surface area (Å²) in [5.74, 6) is -1.34. The lowest BCUT2D eigenvalue weighted by molar-refractivity contribution is -0.155. The van der Waals surface area contributed by atoms with E-state index in [-0.39, 0.29) is 30.4 Å². The molecule has 2 aliphatic rings. The number of hydrogen-bond acceptors (Lipinski definition) is 7. The van der Waals surface area contributed by atoms with E-state index in [1.165, 1.54) is 19.2 Å². The normalized spacial score (nSPS) is 23.9. The fraction of sp³-hybridized carbons (Fsp3) is 0.353. The van der Waals surface area contributed by atoms with Crippen molar-refractivity contribution >= 4 is 0 Å². The number of fused-ring (bicyclic) bond motifs is 4. The van der Waals surface area contributed by atoms with Crippen molar-refractivity contribution in [1.82, 2.24) is 4.98 Å². The molecule has 7 nitrogen and oxygen atoms in total. The highest BCUT2D eigenvalue weighted by Gasteiger charge is 2.51. The topological polar surface area (TPSA) is 118 Å². The van der Waals surface area contributed by atoms with Gasteiger partial charge in [-0.2, -0.15) is 0 Å². The highest BCUT2D eigenvalue weighted by Crippen LogP contribution is 2.52. The highest BCUT2D eigenvalue weighted by molar-refractivity contribution is 5.55. The van der Waals surface area contributed by atoms with Gasteiger partial charge in [0.15, 0.2) is 11.5 Å². The summed E-state index contributed by atoms with van der Waals surface area (Å²) in [5, 5.41) is 30.6. The Bertz CT molecular complexity index is 838. The molecule has 7 heteroatoms. The molecule has 5 N–H and O–H groups in total. The van der Waals surface area contributed by atoms with Crippen LogP contribution in [0.1, 0.15) is 28.2 Å². The van der Waals surface area contributed by atoms with Crippen molar-refractivity contribution in [3.8, 4) is 23.1 Å². The van der Waals surface area contributed by atoms with E-state index < -0.39 is 5.79 Å². The summed E-state index contributed by atoms with van der Waals surface area (Å²) in [4.78, 5) is 4.25. The minimum absolute atomic E-state index is 0.175. The minimum atomic E-state index is -1.45. The molecule has 2 aromatic rings. The van der Waals surface area contributed by atoms with Gasteiger partial charge in [0.05, 0.1) is 18.6 Å². The number of ether oxygens (including phenoxy) is 2. The lowest BCUT2D eigenvalue weighted by Gasteiger charge is -2.37. The zero-order valence-corrected chi connectivity index (χ0v) is 13.1. The maximum atomic E-state index is 11.1. The van der Waals surface area contributed by atoms with Crippen LogP contribution in [0.15, 0.2) is 18.3 Å².